The highest BCUT2D eigenvalue weighted by molar-refractivity contribution is 5.86. The molecule has 94 valence electrons. The van der Waals surface area contributed by atoms with Gasteiger partial charge in [0.15, 0.2) is 0 Å². The molecule has 0 spiro atoms. The van der Waals surface area contributed by atoms with Crippen LogP contribution in [0.1, 0.15) is 17.2 Å². The second kappa shape index (κ2) is 4.78. The predicted molar refractivity (Wildman–Crippen MR) is 74.2 cm³/mol. The van der Waals surface area contributed by atoms with Gasteiger partial charge in [-0.15, -0.1) is 0 Å². The number of nitrogens with zero attached hydrogens (tertiary/aromatic N) is 1. The third kappa shape index (κ3) is 2.20. The molecule has 0 aliphatic heterocycles. The SMILES string of the molecule is NC(c1cncc(F)c1)c1cccc2ccccc12. The molecule has 0 fully saturated rings. The zero-order valence-corrected chi connectivity index (χ0v) is 10.3. The zero-order valence-electron chi connectivity index (χ0n) is 10.3. The molecule has 19 heavy (non-hydrogen) atoms. The summed E-state index contributed by atoms with van der Waals surface area (Å²) >= 11 is 0. The van der Waals surface area contributed by atoms with Crippen LogP contribution < -0.4 is 5.73 Å². The van der Waals surface area contributed by atoms with E-state index >= 15 is 0 Å². The van der Waals surface area contributed by atoms with E-state index in [1.165, 1.54) is 12.3 Å². The van der Waals surface area contributed by atoms with Crippen molar-refractivity contribution in [3.05, 3.63) is 77.9 Å². The van der Waals surface area contributed by atoms with Gasteiger partial charge in [0.25, 0.3) is 0 Å². The van der Waals surface area contributed by atoms with E-state index in [0.717, 1.165) is 16.3 Å². The molecule has 0 saturated carbocycles. The maximum atomic E-state index is 13.2. The Labute approximate surface area is 110 Å². The van der Waals surface area contributed by atoms with Gasteiger partial charge in [-0.1, -0.05) is 42.5 Å². The van der Waals surface area contributed by atoms with Crippen LogP contribution in [-0.4, -0.2) is 4.98 Å². The van der Waals surface area contributed by atoms with Crippen molar-refractivity contribution < 1.29 is 4.39 Å². The molecular weight excluding hydrogens is 239 g/mol. The van der Waals surface area contributed by atoms with Crippen molar-refractivity contribution in [3.63, 3.8) is 0 Å². The Morgan fingerprint density at radius 2 is 1.79 bits per heavy atom. The van der Waals surface area contributed by atoms with Crippen LogP contribution in [-0.2, 0) is 0 Å². The molecule has 0 aliphatic carbocycles. The van der Waals surface area contributed by atoms with Crippen LogP contribution in [0.2, 0.25) is 0 Å². The Morgan fingerprint density at radius 1 is 1.00 bits per heavy atom. The molecule has 0 saturated heterocycles. The summed E-state index contributed by atoms with van der Waals surface area (Å²) in [4.78, 5) is 3.86. The van der Waals surface area contributed by atoms with Crippen molar-refractivity contribution in [2.75, 3.05) is 0 Å². The highest BCUT2D eigenvalue weighted by Gasteiger charge is 2.12. The predicted octanol–water partition coefficient (Wildman–Crippen LogP) is 3.42. The molecule has 0 radical (unpaired) electrons. The van der Waals surface area contributed by atoms with E-state index in [0.29, 0.717) is 5.56 Å². The average Bonchev–Trinajstić information content (AvgIpc) is 2.46. The molecule has 1 atom stereocenters. The highest BCUT2D eigenvalue weighted by Crippen LogP contribution is 2.27. The molecule has 3 rings (SSSR count). The van der Waals surface area contributed by atoms with Crippen molar-refractivity contribution in [1.82, 2.24) is 4.98 Å². The molecule has 1 aromatic heterocycles. The number of pyridine rings is 1. The minimum absolute atomic E-state index is 0.367. The Kier molecular flexibility index (Phi) is 2.97. The van der Waals surface area contributed by atoms with E-state index in [-0.39, 0.29) is 11.9 Å². The van der Waals surface area contributed by atoms with Gasteiger partial charge < -0.3 is 5.73 Å². The lowest BCUT2D eigenvalue weighted by Crippen LogP contribution is -2.12. The first-order chi connectivity index (χ1) is 9.25. The number of hydrogen-bond donors (Lipinski definition) is 1. The van der Waals surface area contributed by atoms with Gasteiger partial charge >= 0.3 is 0 Å². The van der Waals surface area contributed by atoms with Crippen molar-refractivity contribution >= 4 is 10.8 Å². The van der Waals surface area contributed by atoms with E-state index < -0.39 is 0 Å². The van der Waals surface area contributed by atoms with Crippen molar-refractivity contribution in [2.45, 2.75) is 6.04 Å². The Hall–Kier alpha value is -2.26. The van der Waals surface area contributed by atoms with E-state index in [1.807, 2.05) is 42.5 Å². The lowest BCUT2D eigenvalue weighted by molar-refractivity contribution is 0.616. The van der Waals surface area contributed by atoms with Crippen LogP contribution in [0.15, 0.2) is 60.9 Å². The minimum Gasteiger partial charge on any atom is -0.320 e. The van der Waals surface area contributed by atoms with Crippen LogP contribution in [0.3, 0.4) is 0 Å². The van der Waals surface area contributed by atoms with Gasteiger partial charge in [-0.25, -0.2) is 4.39 Å². The van der Waals surface area contributed by atoms with Gasteiger partial charge in [-0.3, -0.25) is 4.98 Å². The van der Waals surface area contributed by atoms with Crippen LogP contribution in [0, 0.1) is 5.82 Å². The minimum atomic E-state index is -0.380. The molecule has 2 N–H and O–H groups in total. The van der Waals surface area contributed by atoms with E-state index in [2.05, 4.69) is 4.98 Å². The van der Waals surface area contributed by atoms with Crippen LogP contribution in [0.4, 0.5) is 4.39 Å². The summed E-state index contributed by atoms with van der Waals surface area (Å²) in [6.45, 7) is 0. The summed E-state index contributed by atoms with van der Waals surface area (Å²) in [5.74, 6) is -0.367. The van der Waals surface area contributed by atoms with Gasteiger partial charge in [0.05, 0.1) is 12.2 Å². The smallest absolute Gasteiger partial charge is 0.141 e. The first kappa shape index (κ1) is 11.8. The van der Waals surface area contributed by atoms with Gasteiger partial charge in [-0.05, 0) is 28.0 Å². The first-order valence-electron chi connectivity index (χ1n) is 6.09. The number of rotatable bonds is 2. The molecular formula is C16H13FN2. The van der Waals surface area contributed by atoms with E-state index in [1.54, 1.807) is 6.20 Å². The molecule has 2 aromatic carbocycles. The number of benzene rings is 2. The summed E-state index contributed by atoms with van der Waals surface area (Å²) in [7, 11) is 0. The van der Waals surface area contributed by atoms with Crippen LogP contribution in [0.25, 0.3) is 10.8 Å². The van der Waals surface area contributed by atoms with Gasteiger partial charge in [0.2, 0.25) is 0 Å². The molecule has 0 aliphatic rings. The maximum absolute atomic E-state index is 13.2. The number of halogens is 1. The number of aromatic nitrogens is 1. The lowest BCUT2D eigenvalue weighted by Gasteiger charge is -2.14. The molecule has 0 bridgehead atoms. The number of nitrogens with two attached hydrogens (primary N) is 1. The fraction of sp³-hybridized carbons (Fsp3) is 0.0625. The topological polar surface area (TPSA) is 38.9 Å². The quantitative estimate of drug-likeness (QED) is 0.759. The van der Waals surface area contributed by atoms with E-state index in [4.69, 9.17) is 5.73 Å². The largest absolute Gasteiger partial charge is 0.320 e. The van der Waals surface area contributed by atoms with Gasteiger partial charge in [-0.2, -0.15) is 0 Å². The standard InChI is InChI=1S/C16H13FN2/c17-13-8-12(9-19-10-13)16(18)15-7-3-5-11-4-1-2-6-14(11)15/h1-10,16H,18H2. The first-order valence-corrected chi connectivity index (χ1v) is 6.09. The fourth-order valence-corrected chi connectivity index (χ4v) is 2.30. The van der Waals surface area contributed by atoms with E-state index in [9.17, 15) is 4.39 Å². The molecule has 0 amide bonds. The normalized spacial score (nSPS) is 12.5. The summed E-state index contributed by atoms with van der Waals surface area (Å²) in [5, 5.41) is 2.21. The summed E-state index contributed by atoms with van der Waals surface area (Å²) < 4.78 is 13.2. The van der Waals surface area contributed by atoms with Crippen molar-refractivity contribution in [3.8, 4) is 0 Å². The monoisotopic (exact) mass is 252 g/mol. The van der Waals surface area contributed by atoms with Gasteiger partial charge in [0, 0.05) is 6.20 Å². The fourth-order valence-electron chi connectivity index (χ4n) is 2.30. The Balaban J connectivity index is 2.14. The summed E-state index contributed by atoms with van der Waals surface area (Å²) in [6.07, 6.45) is 2.79. The summed E-state index contributed by atoms with van der Waals surface area (Å²) in [5.41, 5.74) is 7.90. The maximum Gasteiger partial charge on any atom is 0.141 e. The second-order valence-electron chi connectivity index (χ2n) is 4.48. The third-order valence-electron chi connectivity index (χ3n) is 3.24. The van der Waals surface area contributed by atoms with Gasteiger partial charge in [0.1, 0.15) is 5.82 Å². The molecule has 3 heteroatoms. The highest BCUT2D eigenvalue weighted by atomic mass is 19.1. The Morgan fingerprint density at radius 3 is 2.63 bits per heavy atom. The number of fused-ring (bicyclic) bond motifs is 1. The third-order valence-corrected chi connectivity index (χ3v) is 3.24. The number of hydrogen-bond acceptors (Lipinski definition) is 2. The average molecular weight is 252 g/mol. The molecule has 2 nitrogen and oxygen atoms in total. The molecule has 1 unspecified atom stereocenters. The van der Waals surface area contributed by atoms with Crippen molar-refractivity contribution in [2.24, 2.45) is 5.73 Å². The lowest BCUT2D eigenvalue weighted by atomic mass is 9.95. The Bertz CT molecular complexity index is 719. The zero-order chi connectivity index (χ0) is 13.2. The van der Waals surface area contributed by atoms with Crippen LogP contribution >= 0.6 is 0 Å². The summed E-state index contributed by atoms with van der Waals surface area (Å²) in [6, 6.07) is 15.0. The molecule has 3 aromatic rings. The van der Waals surface area contributed by atoms with Crippen molar-refractivity contribution in [1.29, 1.82) is 0 Å². The second-order valence-corrected chi connectivity index (χ2v) is 4.48. The van der Waals surface area contributed by atoms with Crippen LogP contribution in [0.5, 0.6) is 0 Å². The molecule has 1 heterocycles.